The van der Waals surface area contributed by atoms with Gasteiger partial charge in [0.1, 0.15) is 0 Å². The van der Waals surface area contributed by atoms with Crippen molar-refractivity contribution in [1.29, 1.82) is 0 Å². The number of hydrogen-bond donors (Lipinski definition) is 1. The van der Waals surface area contributed by atoms with Crippen molar-refractivity contribution in [3.63, 3.8) is 0 Å². The Hall–Kier alpha value is -1.58. The maximum atomic E-state index is 13.7. The number of rotatable bonds is 2. The van der Waals surface area contributed by atoms with Gasteiger partial charge >= 0.3 is 4.87 Å². The maximum Gasteiger partial charge on any atom is 0.305 e. The molecule has 1 aromatic heterocycles. The third-order valence-corrected chi connectivity index (χ3v) is 12.1. The molecule has 2 saturated carbocycles. The molecule has 7 atom stereocenters. The van der Waals surface area contributed by atoms with Gasteiger partial charge in [-0.1, -0.05) is 62.6 Å². The van der Waals surface area contributed by atoms with E-state index in [2.05, 4.69) is 20.9 Å². The van der Waals surface area contributed by atoms with Gasteiger partial charge in [0.2, 0.25) is 11.8 Å². The number of thioether (sulfide) groups is 1. The molecule has 3 fully saturated rings. The number of amides is 2. The van der Waals surface area contributed by atoms with Gasteiger partial charge < -0.3 is 4.98 Å². The number of nitrogens with zero attached hydrogens (tertiary/aromatic N) is 1. The highest BCUT2D eigenvalue weighted by Crippen LogP contribution is 2.69. The molecule has 178 valence electrons. The highest BCUT2D eigenvalue weighted by Gasteiger charge is 2.69. The number of aromatic amines is 1. The summed E-state index contributed by atoms with van der Waals surface area (Å²) in [4.78, 5) is 45.0. The fraction of sp³-hybridized carbons (Fsp3) is 0.320. The molecule has 2 aliphatic carbocycles. The van der Waals surface area contributed by atoms with Gasteiger partial charge in [0.05, 0.1) is 32.6 Å². The van der Waals surface area contributed by atoms with Crippen molar-refractivity contribution in [2.24, 2.45) is 29.6 Å². The first kappa shape index (κ1) is 22.6. The molecule has 2 amide bonds. The van der Waals surface area contributed by atoms with E-state index in [9.17, 15) is 14.4 Å². The Morgan fingerprint density at radius 3 is 2.43 bits per heavy atom. The average molecular weight is 608 g/mol. The third kappa shape index (κ3) is 3.10. The first-order valence-electron chi connectivity index (χ1n) is 11.3. The topological polar surface area (TPSA) is 70.2 Å². The fourth-order valence-electron chi connectivity index (χ4n) is 6.97. The molecular weight excluding hydrogens is 591 g/mol. The number of thiazole rings is 1. The standard InChI is InChI=1S/C25H17BrCl2N2O3S2/c26-9-4-6-10(7-5-9)30-23(31)17-12-8-13(18(17)24(30)32)20-16(12)15(11-2-1-3-14(27)19(11)28)21-22(34-20)29-25(33)35-21/h1-7,12-13,15-18,20H,8H2,(H,29,33)/t12-,13-,15+,16+,17+,18+,20-/m1/s1. The van der Waals surface area contributed by atoms with Crippen LogP contribution in [0.2, 0.25) is 10.0 Å². The second kappa shape index (κ2) is 7.96. The van der Waals surface area contributed by atoms with E-state index in [0.717, 1.165) is 26.4 Å². The van der Waals surface area contributed by atoms with E-state index in [4.69, 9.17) is 23.2 Å². The summed E-state index contributed by atoms with van der Waals surface area (Å²) in [6.07, 6.45) is 0.831. The number of hydrogen-bond acceptors (Lipinski definition) is 5. The van der Waals surface area contributed by atoms with Crippen LogP contribution in [0.25, 0.3) is 0 Å². The van der Waals surface area contributed by atoms with Gasteiger partial charge in [0.25, 0.3) is 0 Å². The molecule has 0 unspecified atom stereocenters. The summed E-state index contributed by atoms with van der Waals surface area (Å²) >= 11 is 19.4. The number of halogens is 3. The summed E-state index contributed by atoms with van der Waals surface area (Å²) in [6, 6.07) is 12.9. The molecule has 35 heavy (non-hydrogen) atoms. The molecule has 0 spiro atoms. The molecule has 7 rings (SSSR count). The van der Waals surface area contributed by atoms with Gasteiger partial charge in [0.15, 0.2) is 0 Å². The number of fused-ring (bicyclic) bond motifs is 9. The first-order valence-corrected chi connectivity index (χ1v) is 14.6. The molecule has 3 aromatic rings. The number of aromatic nitrogens is 1. The van der Waals surface area contributed by atoms with Crippen LogP contribution in [-0.2, 0) is 9.59 Å². The number of anilines is 1. The van der Waals surface area contributed by atoms with E-state index in [0.29, 0.717) is 15.7 Å². The predicted molar refractivity (Wildman–Crippen MR) is 142 cm³/mol. The monoisotopic (exact) mass is 606 g/mol. The molecule has 0 radical (unpaired) electrons. The van der Waals surface area contributed by atoms with Crippen LogP contribution in [0, 0.1) is 29.6 Å². The molecule has 2 aromatic carbocycles. The van der Waals surface area contributed by atoms with Crippen LogP contribution in [0.3, 0.4) is 0 Å². The van der Waals surface area contributed by atoms with Gasteiger partial charge in [-0.25, -0.2) is 0 Å². The van der Waals surface area contributed by atoms with Crippen LogP contribution in [0.1, 0.15) is 22.8 Å². The summed E-state index contributed by atoms with van der Waals surface area (Å²) in [5.41, 5.74) is 1.50. The Morgan fingerprint density at radius 2 is 1.69 bits per heavy atom. The Balaban J connectivity index is 1.35. The minimum atomic E-state index is -0.351. The zero-order valence-electron chi connectivity index (χ0n) is 17.9. The van der Waals surface area contributed by atoms with E-state index in [1.807, 2.05) is 24.3 Å². The zero-order chi connectivity index (χ0) is 24.2. The Bertz CT molecular complexity index is 1470. The molecule has 4 aliphatic rings. The van der Waals surface area contributed by atoms with Crippen molar-refractivity contribution in [3.05, 3.63) is 77.1 Å². The number of H-pyrrole nitrogens is 1. The van der Waals surface area contributed by atoms with E-state index in [-0.39, 0.29) is 57.4 Å². The second-order valence-electron chi connectivity index (χ2n) is 9.59. The highest BCUT2D eigenvalue weighted by molar-refractivity contribution is 9.10. The van der Waals surface area contributed by atoms with Crippen LogP contribution in [0.15, 0.2) is 56.8 Å². The number of carbonyl (C=O) groups excluding carboxylic acids is 2. The summed E-state index contributed by atoms with van der Waals surface area (Å²) in [6.45, 7) is 0. The van der Waals surface area contributed by atoms with Crippen molar-refractivity contribution in [1.82, 2.24) is 4.98 Å². The van der Waals surface area contributed by atoms with Gasteiger partial charge in [-0.3, -0.25) is 19.3 Å². The Kier molecular flexibility index (Phi) is 5.14. The van der Waals surface area contributed by atoms with Gasteiger partial charge in [0, 0.05) is 20.5 Å². The molecule has 2 aliphatic heterocycles. The van der Waals surface area contributed by atoms with Crippen LogP contribution in [0.5, 0.6) is 0 Å². The largest absolute Gasteiger partial charge is 0.307 e. The summed E-state index contributed by atoms with van der Waals surface area (Å²) in [5.74, 6) is -0.852. The molecule has 1 N–H and O–H groups in total. The SMILES string of the molecule is O=C1[C@H]2[C@H]3C[C@@H]([C@@H]2C(=O)N1c1ccc(Br)cc1)[C@H]1[C@H](c2cccc(Cl)c2Cl)c2sc(=O)[nH]c2S[C@H]31. The van der Waals surface area contributed by atoms with Gasteiger partial charge in [-0.2, -0.15) is 0 Å². The van der Waals surface area contributed by atoms with Crippen molar-refractivity contribution in [3.8, 4) is 0 Å². The van der Waals surface area contributed by atoms with E-state index in [1.54, 1.807) is 30.0 Å². The number of imide groups is 1. The summed E-state index contributed by atoms with van der Waals surface area (Å²) in [5, 5.41) is 1.92. The maximum absolute atomic E-state index is 13.7. The minimum absolute atomic E-state index is 0.0322. The lowest BCUT2D eigenvalue weighted by Gasteiger charge is -2.43. The number of carbonyl (C=O) groups is 2. The Morgan fingerprint density at radius 1 is 0.971 bits per heavy atom. The average Bonchev–Trinajstić information content (AvgIpc) is 3.56. The summed E-state index contributed by atoms with van der Waals surface area (Å²) in [7, 11) is 0. The zero-order valence-corrected chi connectivity index (χ0v) is 22.6. The van der Waals surface area contributed by atoms with E-state index >= 15 is 0 Å². The van der Waals surface area contributed by atoms with E-state index in [1.165, 1.54) is 16.2 Å². The highest BCUT2D eigenvalue weighted by atomic mass is 79.9. The normalized spacial score (nSPS) is 32.7. The van der Waals surface area contributed by atoms with Crippen LogP contribution in [0.4, 0.5) is 5.69 Å². The summed E-state index contributed by atoms with van der Waals surface area (Å²) < 4.78 is 0.893. The predicted octanol–water partition coefficient (Wildman–Crippen LogP) is 6.18. The van der Waals surface area contributed by atoms with Crippen LogP contribution < -0.4 is 9.77 Å². The quantitative estimate of drug-likeness (QED) is 0.353. The van der Waals surface area contributed by atoms with Crippen LogP contribution >= 0.6 is 62.2 Å². The minimum Gasteiger partial charge on any atom is -0.307 e. The van der Waals surface area contributed by atoms with Gasteiger partial charge in [-0.05, 0) is 60.1 Å². The fourth-order valence-corrected chi connectivity index (χ4v) is 10.5. The first-order chi connectivity index (χ1) is 16.8. The van der Waals surface area contributed by atoms with Crippen molar-refractivity contribution in [2.45, 2.75) is 22.6 Å². The molecule has 1 saturated heterocycles. The van der Waals surface area contributed by atoms with Crippen molar-refractivity contribution in [2.75, 3.05) is 4.90 Å². The smallest absolute Gasteiger partial charge is 0.305 e. The lowest BCUT2D eigenvalue weighted by molar-refractivity contribution is -0.123. The van der Waals surface area contributed by atoms with Crippen molar-refractivity contribution >= 4 is 79.7 Å². The number of nitrogens with one attached hydrogen (secondary N) is 1. The van der Waals surface area contributed by atoms with E-state index < -0.39 is 0 Å². The lowest BCUT2D eigenvalue weighted by atomic mass is 9.68. The van der Waals surface area contributed by atoms with Crippen molar-refractivity contribution < 1.29 is 9.59 Å². The molecule has 3 heterocycles. The molecule has 5 nitrogen and oxygen atoms in total. The van der Waals surface area contributed by atoms with Gasteiger partial charge in [-0.15, -0.1) is 11.8 Å². The molecular formula is C25H17BrCl2N2O3S2. The van der Waals surface area contributed by atoms with Crippen LogP contribution in [-0.4, -0.2) is 22.0 Å². The second-order valence-corrected chi connectivity index (χ2v) is 13.5. The Labute approximate surface area is 227 Å². The number of benzene rings is 2. The molecule has 10 heteroatoms. The third-order valence-electron chi connectivity index (χ3n) is 8.13. The molecule has 2 bridgehead atoms. The lowest BCUT2D eigenvalue weighted by Crippen LogP contribution is -2.42.